The maximum absolute atomic E-state index is 13.5. The van der Waals surface area contributed by atoms with Gasteiger partial charge in [0, 0.05) is 15.6 Å². The Morgan fingerprint density at radius 1 is 1.18 bits per heavy atom. The zero-order valence-electron chi connectivity index (χ0n) is 11.2. The molecule has 0 aliphatic carbocycles. The fourth-order valence-electron chi connectivity index (χ4n) is 1.63. The first-order valence-electron chi connectivity index (χ1n) is 6.19. The predicted octanol–water partition coefficient (Wildman–Crippen LogP) is 4.74. The van der Waals surface area contributed by atoms with Crippen LogP contribution >= 0.6 is 15.9 Å². The van der Waals surface area contributed by atoms with Gasteiger partial charge >= 0.3 is 6.61 Å². The number of benzene rings is 2. The van der Waals surface area contributed by atoms with Crippen LogP contribution in [-0.2, 0) is 11.4 Å². The van der Waals surface area contributed by atoms with E-state index >= 15 is 0 Å². The molecule has 0 saturated carbocycles. The smallest absolute Gasteiger partial charge is 0.387 e. The van der Waals surface area contributed by atoms with Gasteiger partial charge in [-0.2, -0.15) is 8.78 Å². The van der Waals surface area contributed by atoms with Crippen LogP contribution in [0.25, 0.3) is 0 Å². The number of hydrogen-bond acceptors (Lipinski definition) is 3. The molecule has 0 heterocycles. The normalized spacial score (nSPS) is 11.1. The standard InChI is InChI=1S/C15H11BrF3NO2/c16-12-6-5-11(13(17)7-12)9-21-20-8-10-3-1-2-4-14(10)22-15(18)19/h1-8,15H,9H2/b20-8+. The highest BCUT2D eigenvalue weighted by Crippen LogP contribution is 2.19. The van der Waals surface area contributed by atoms with E-state index in [9.17, 15) is 13.2 Å². The molecule has 116 valence electrons. The lowest BCUT2D eigenvalue weighted by molar-refractivity contribution is -0.0499. The summed E-state index contributed by atoms with van der Waals surface area (Å²) in [7, 11) is 0. The van der Waals surface area contributed by atoms with Gasteiger partial charge in [-0.25, -0.2) is 4.39 Å². The second-order valence-corrected chi connectivity index (χ2v) is 5.08. The van der Waals surface area contributed by atoms with Crippen molar-refractivity contribution in [2.45, 2.75) is 13.2 Å². The second kappa shape index (κ2) is 7.84. The van der Waals surface area contributed by atoms with Crippen molar-refractivity contribution in [1.29, 1.82) is 0 Å². The summed E-state index contributed by atoms with van der Waals surface area (Å²) in [5, 5.41) is 3.64. The number of alkyl halides is 2. The number of oxime groups is 1. The molecule has 0 radical (unpaired) electrons. The van der Waals surface area contributed by atoms with E-state index in [1.165, 1.54) is 18.3 Å². The number of hydrogen-bond donors (Lipinski definition) is 0. The number of halogens is 4. The SMILES string of the molecule is Fc1cc(Br)ccc1CO/N=C/c1ccccc1OC(F)F. The Hall–Kier alpha value is -2.02. The molecule has 7 heteroatoms. The van der Waals surface area contributed by atoms with E-state index in [1.807, 2.05) is 0 Å². The molecule has 0 N–H and O–H groups in total. The van der Waals surface area contributed by atoms with Crippen molar-refractivity contribution in [3.8, 4) is 5.75 Å². The van der Waals surface area contributed by atoms with Crippen LogP contribution in [0.3, 0.4) is 0 Å². The molecular formula is C15H11BrF3NO2. The van der Waals surface area contributed by atoms with Crippen molar-refractivity contribution < 1.29 is 22.7 Å². The van der Waals surface area contributed by atoms with Gasteiger partial charge in [0.2, 0.25) is 0 Å². The fourth-order valence-corrected chi connectivity index (χ4v) is 1.96. The minimum absolute atomic E-state index is 0.0142. The van der Waals surface area contributed by atoms with Crippen molar-refractivity contribution in [1.82, 2.24) is 0 Å². The average molecular weight is 374 g/mol. The number of para-hydroxylation sites is 1. The molecule has 0 saturated heterocycles. The largest absolute Gasteiger partial charge is 0.434 e. The molecule has 0 aliphatic heterocycles. The lowest BCUT2D eigenvalue weighted by atomic mass is 10.2. The predicted molar refractivity (Wildman–Crippen MR) is 79.6 cm³/mol. The Balaban J connectivity index is 1.98. The van der Waals surface area contributed by atoms with Gasteiger partial charge in [0.1, 0.15) is 18.2 Å². The Bertz CT molecular complexity index is 665. The van der Waals surface area contributed by atoms with Gasteiger partial charge in [-0.15, -0.1) is 0 Å². The molecule has 0 amide bonds. The average Bonchev–Trinajstić information content (AvgIpc) is 2.46. The Labute approximate surface area is 133 Å². The van der Waals surface area contributed by atoms with Crippen molar-refractivity contribution >= 4 is 22.1 Å². The maximum atomic E-state index is 13.5. The van der Waals surface area contributed by atoms with E-state index in [1.54, 1.807) is 30.3 Å². The van der Waals surface area contributed by atoms with E-state index in [4.69, 9.17) is 4.84 Å². The van der Waals surface area contributed by atoms with Gasteiger partial charge in [-0.1, -0.05) is 39.3 Å². The molecule has 0 spiro atoms. The summed E-state index contributed by atoms with van der Waals surface area (Å²) in [6.07, 6.45) is 1.23. The van der Waals surface area contributed by atoms with Crippen LogP contribution < -0.4 is 4.74 Å². The molecule has 0 unspecified atom stereocenters. The van der Waals surface area contributed by atoms with Gasteiger partial charge in [0.15, 0.2) is 0 Å². The topological polar surface area (TPSA) is 30.8 Å². The van der Waals surface area contributed by atoms with Crippen LogP contribution in [0.4, 0.5) is 13.2 Å². The van der Waals surface area contributed by atoms with Gasteiger partial charge in [-0.05, 0) is 24.3 Å². The van der Waals surface area contributed by atoms with E-state index < -0.39 is 12.4 Å². The minimum Gasteiger partial charge on any atom is -0.434 e. The third-order valence-corrected chi connectivity index (χ3v) is 3.13. The summed E-state index contributed by atoms with van der Waals surface area (Å²) in [6.45, 7) is -3.00. The molecule has 22 heavy (non-hydrogen) atoms. The zero-order valence-corrected chi connectivity index (χ0v) is 12.8. The first-order chi connectivity index (χ1) is 10.6. The van der Waals surface area contributed by atoms with Crippen molar-refractivity contribution in [2.24, 2.45) is 5.16 Å². The lowest BCUT2D eigenvalue weighted by Gasteiger charge is -2.07. The third kappa shape index (κ3) is 4.77. The Morgan fingerprint density at radius 3 is 2.68 bits per heavy atom. The number of nitrogens with zero attached hydrogens (tertiary/aromatic N) is 1. The van der Waals surface area contributed by atoms with Gasteiger partial charge in [0.05, 0.1) is 6.21 Å². The van der Waals surface area contributed by atoms with Crippen LogP contribution in [0.5, 0.6) is 5.75 Å². The number of ether oxygens (including phenoxy) is 1. The minimum atomic E-state index is -2.92. The second-order valence-electron chi connectivity index (χ2n) is 4.16. The third-order valence-electron chi connectivity index (χ3n) is 2.64. The molecule has 2 rings (SSSR count). The summed E-state index contributed by atoms with van der Waals surface area (Å²) in [5.74, 6) is -0.439. The van der Waals surface area contributed by atoms with E-state index in [0.29, 0.717) is 15.6 Å². The lowest BCUT2D eigenvalue weighted by Crippen LogP contribution is -2.04. The molecule has 0 aromatic heterocycles. The van der Waals surface area contributed by atoms with Crippen molar-refractivity contribution in [3.63, 3.8) is 0 Å². The highest BCUT2D eigenvalue weighted by atomic mass is 79.9. The van der Waals surface area contributed by atoms with E-state index in [2.05, 4.69) is 25.8 Å². The summed E-state index contributed by atoms with van der Waals surface area (Å²) < 4.78 is 43.0. The molecule has 3 nitrogen and oxygen atoms in total. The summed E-state index contributed by atoms with van der Waals surface area (Å²) in [5.41, 5.74) is 0.663. The van der Waals surface area contributed by atoms with E-state index in [0.717, 1.165) is 0 Å². The Morgan fingerprint density at radius 2 is 1.95 bits per heavy atom. The zero-order chi connectivity index (χ0) is 15.9. The summed E-state index contributed by atoms with van der Waals surface area (Å²) >= 11 is 3.15. The summed E-state index contributed by atoms with van der Waals surface area (Å²) in [6, 6.07) is 10.7. The van der Waals surface area contributed by atoms with Gasteiger partial charge in [0.25, 0.3) is 0 Å². The molecule has 0 atom stereocenters. The van der Waals surface area contributed by atoms with Gasteiger partial charge < -0.3 is 9.57 Å². The quantitative estimate of drug-likeness (QED) is 0.540. The molecule has 2 aromatic carbocycles. The van der Waals surface area contributed by atoms with Crippen molar-refractivity contribution in [2.75, 3.05) is 0 Å². The van der Waals surface area contributed by atoms with Crippen LogP contribution in [0.15, 0.2) is 52.1 Å². The molecule has 2 aromatic rings. The first kappa shape index (κ1) is 16.4. The monoisotopic (exact) mass is 373 g/mol. The molecule has 0 aliphatic rings. The maximum Gasteiger partial charge on any atom is 0.387 e. The van der Waals surface area contributed by atoms with Crippen LogP contribution in [0.1, 0.15) is 11.1 Å². The first-order valence-corrected chi connectivity index (χ1v) is 6.98. The van der Waals surface area contributed by atoms with Crippen molar-refractivity contribution in [3.05, 3.63) is 63.9 Å². The van der Waals surface area contributed by atoms with E-state index in [-0.39, 0.29) is 12.4 Å². The molecular weight excluding hydrogens is 363 g/mol. The fraction of sp³-hybridized carbons (Fsp3) is 0.133. The molecule has 0 fully saturated rings. The van der Waals surface area contributed by atoms with Crippen LogP contribution in [-0.4, -0.2) is 12.8 Å². The summed E-state index contributed by atoms with van der Waals surface area (Å²) in [4.78, 5) is 4.98. The Kier molecular flexibility index (Phi) is 5.83. The van der Waals surface area contributed by atoms with Gasteiger partial charge in [-0.3, -0.25) is 0 Å². The van der Waals surface area contributed by atoms with Crippen LogP contribution in [0, 0.1) is 5.82 Å². The highest BCUT2D eigenvalue weighted by molar-refractivity contribution is 9.10. The van der Waals surface area contributed by atoms with Crippen LogP contribution in [0.2, 0.25) is 0 Å². The highest BCUT2D eigenvalue weighted by Gasteiger charge is 2.07. The molecule has 0 bridgehead atoms. The number of rotatable bonds is 6.